The lowest BCUT2D eigenvalue weighted by Gasteiger charge is -2.07. The molecular weight excluding hydrogens is 372 g/mol. The first-order chi connectivity index (χ1) is 14.0. The molecule has 2 N–H and O–H groups in total. The Balaban J connectivity index is 1.54. The summed E-state index contributed by atoms with van der Waals surface area (Å²) in [5.41, 5.74) is 2.02. The normalized spacial score (nSPS) is 10.4. The molecule has 2 aromatic carbocycles. The van der Waals surface area contributed by atoms with Crippen molar-refractivity contribution in [1.29, 1.82) is 0 Å². The molecule has 8 heteroatoms. The fourth-order valence-electron chi connectivity index (χ4n) is 2.66. The zero-order valence-corrected chi connectivity index (χ0v) is 16.3. The lowest BCUT2D eigenvalue weighted by molar-refractivity contribution is -0.116. The Labute approximate surface area is 168 Å². The van der Waals surface area contributed by atoms with Gasteiger partial charge in [-0.3, -0.25) is 9.59 Å². The molecule has 150 valence electrons. The summed E-state index contributed by atoms with van der Waals surface area (Å²) in [6, 6.07) is 14.3. The van der Waals surface area contributed by atoms with Crippen molar-refractivity contribution in [3.8, 4) is 17.1 Å². The van der Waals surface area contributed by atoms with Gasteiger partial charge in [0, 0.05) is 36.7 Å². The lowest BCUT2D eigenvalue weighted by Crippen LogP contribution is -2.13. The van der Waals surface area contributed by atoms with E-state index < -0.39 is 0 Å². The third-order valence-electron chi connectivity index (χ3n) is 3.92. The fraction of sp³-hybridized carbons (Fsp3) is 0.238. The molecule has 2 amide bonds. The Morgan fingerprint density at radius 3 is 2.48 bits per heavy atom. The van der Waals surface area contributed by atoms with Gasteiger partial charge in [-0.15, -0.1) is 0 Å². The van der Waals surface area contributed by atoms with Crippen LogP contribution in [0.1, 0.15) is 26.2 Å². The molecule has 0 aliphatic heterocycles. The van der Waals surface area contributed by atoms with Crippen molar-refractivity contribution in [2.75, 3.05) is 17.2 Å². The molecule has 0 aliphatic carbocycles. The average molecular weight is 394 g/mol. The Hall–Kier alpha value is -3.68. The van der Waals surface area contributed by atoms with Gasteiger partial charge >= 0.3 is 0 Å². The first-order valence-electron chi connectivity index (χ1n) is 9.27. The number of ether oxygens (including phenoxy) is 1. The lowest BCUT2D eigenvalue weighted by atomic mass is 10.2. The minimum absolute atomic E-state index is 0.173. The molecule has 0 atom stereocenters. The molecular formula is C21H22N4O4. The number of carbonyl (C=O) groups excluding carboxylic acids is 2. The Bertz CT molecular complexity index is 982. The highest BCUT2D eigenvalue weighted by Gasteiger charge is 2.11. The number of hydrogen-bond acceptors (Lipinski definition) is 6. The maximum atomic E-state index is 12.2. The van der Waals surface area contributed by atoms with Crippen LogP contribution in [-0.4, -0.2) is 28.6 Å². The number of benzene rings is 2. The highest BCUT2D eigenvalue weighted by Crippen LogP contribution is 2.20. The van der Waals surface area contributed by atoms with Gasteiger partial charge in [0.05, 0.1) is 6.61 Å². The Kier molecular flexibility index (Phi) is 6.57. The molecule has 1 heterocycles. The van der Waals surface area contributed by atoms with Crippen LogP contribution in [-0.2, 0) is 16.0 Å². The molecule has 0 saturated carbocycles. The molecule has 3 aromatic rings. The van der Waals surface area contributed by atoms with Crippen molar-refractivity contribution in [2.45, 2.75) is 26.7 Å². The van der Waals surface area contributed by atoms with Crippen LogP contribution in [0.2, 0.25) is 0 Å². The van der Waals surface area contributed by atoms with Gasteiger partial charge in [0.25, 0.3) is 0 Å². The summed E-state index contributed by atoms with van der Waals surface area (Å²) >= 11 is 0. The van der Waals surface area contributed by atoms with Gasteiger partial charge in [0.15, 0.2) is 0 Å². The van der Waals surface area contributed by atoms with Crippen molar-refractivity contribution >= 4 is 23.2 Å². The molecule has 29 heavy (non-hydrogen) atoms. The first-order valence-corrected chi connectivity index (χ1v) is 9.27. The third kappa shape index (κ3) is 5.90. The smallest absolute Gasteiger partial charge is 0.227 e. The van der Waals surface area contributed by atoms with Crippen LogP contribution in [0, 0.1) is 0 Å². The van der Waals surface area contributed by atoms with Crippen molar-refractivity contribution in [1.82, 2.24) is 10.1 Å². The summed E-state index contributed by atoms with van der Waals surface area (Å²) < 4.78 is 10.7. The number of anilines is 2. The molecule has 0 unspecified atom stereocenters. The van der Waals surface area contributed by atoms with E-state index in [1.807, 2.05) is 31.2 Å². The summed E-state index contributed by atoms with van der Waals surface area (Å²) in [6.07, 6.45) is 0.510. The van der Waals surface area contributed by atoms with E-state index in [2.05, 4.69) is 20.8 Å². The van der Waals surface area contributed by atoms with Crippen LogP contribution in [0.4, 0.5) is 11.4 Å². The minimum Gasteiger partial charge on any atom is -0.494 e. The van der Waals surface area contributed by atoms with Crippen molar-refractivity contribution < 1.29 is 18.8 Å². The summed E-state index contributed by atoms with van der Waals surface area (Å²) in [6.45, 7) is 3.96. The van der Waals surface area contributed by atoms with Crippen LogP contribution in [0.3, 0.4) is 0 Å². The van der Waals surface area contributed by atoms with Crippen LogP contribution in [0.15, 0.2) is 53.1 Å². The van der Waals surface area contributed by atoms with Crippen LogP contribution in [0.25, 0.3) is 11.4 Å². The molecule has 8 nitrogen and oxygen atoms in total. The van der Waals surface area contributed by atoms with E-state index in [0.717, 1.165) is 11.3 Å². The summed E-state index contributed by atoms with van der Waals surface area (Å²) in [4.78, 5) is 27.7. The molecule has 0 aliphatic rings. The van der Waals surface area contributed by atoms with E-state index in [1.165, 1.54) is 6.92 Å². The zero-order valence-electron chi connectivity index (χ0n) is 16.3. The van der Waals surface area contributed by atoms with Crippen molar-refractivity contribution in [2.24, 2.45) is 0 Å². The zero-order chi connectivity index (χ0) is 20.6. The van der Waals surface area contributed by atoms with Crippen molar-refractivity contribution in [3.05, 3.63) is 54.4 Å². The topological polar surface area (TPSA) is 106 Å². The van der Waals surface area contributed by atoms with Gasteiger partial charge in [-0.25, -0.2) is 0 Å². The maximum Gasteiger partial charge on any atom is 0.227 e. The van der Waals surface area contributed by atoms with E-state index >= 15 is 0 Å². The number of aryl methyl sites for hydroxylation is 1. The highest BCUT2D eigenvalue weighted by atomic mass is 16.5. The molecule has 0 spiro atoms. The highest BCUT2D eigenvalue weighted by molar-refractivity contribution is 5.93. The monoisotopic (exact) mass is 394 g/mol. The van der Waals surface area contributed by atoms with Gasteiger partial charge in [0.2, 0.25) is 23.5 Å². The molecule has 1 aromatic heterocycles. The number of rotatable bonds is 8. The van der Waals surface area contributed by atoms with Gasteiger partial charge in [-0.1, -0.05) is 11.2 Å². The number of hydrogen-bond donors (Lipinski definition) is 2. The molecule has 0 fully saturated rings. The average Bonchev–Trinajstić information content (AvgIpc) is 3.16. The summed E-state index contributed by atoms with van der Waals surface area (Å²) in [7, 11) is 0. The summed E-state index contributed by atoms with van der Waals surface area (Å²) in [5.74, 6) is 1.26. The van der Waals surface area contributed by atoms with Gasteiger partial charge in [-0.2, -0.15) is 4.98 Å². The van der Waals surface area contributed by atoms with Crippen LogP contribution in [0.5, 0.6) is 5.75 Å². The number of carbonyl (C=O) groups is 2. The van der Waals surface area contributed by atoms with Gasteiger partial charge in [0.1, 0.15) is 5.75 Å². The first kappa shape index (κ1) is 20.1. The number of nitrogens with one attached hydrogen (secondary N) is 2. The van der Waals surface area contributed by atoms with E-state index in [0.29, 0.717) is 36.1 Å². The predicted molar refractivity (Wildman–Crippen MR) is 109 cm³/mol. The van der Waals surface area contributed by atoms with Crippen LogP contribution < -0.4 is 15.4 Å². The predicted octanol–water partition coefficient (Wildman–Crippen LogP) is 3.67. The molecule has 0 saturated heterocycles. The fourth-order valence-corrected chi connectivity index (χ4v) is 2.66. The van der Waals surface area contributed by atoms with Crippen molar-refractivity contribution in [3.63, 3.8) is 0 Å². The maximum absolute atomic E-state index is 12.2. The second-order valence-electron chi connectivity index (χ2n) is 6.28. The summed E-state index contributed by atoms with van der Waals surface area (Å²) in [5, 5.41) is 9.43. The van der Waals surface area contributed by atoms with E-state index in [9.17, 15) is 9.59 Å². The van der Waals surface area contributed by atoms with E-state index in [4.69, 9.17) is 9.26 Å². The molecule has 3 rings (SSSR count). The van der Waals surface area contributed by atoms with Gasteiger partial charge in [-0.05, 0) is 49.4 Å². The second-order valence-corrected chi connectivity index (χ2v) is 6.28. The largest absolute Gasteiger partial charge is 0.494 e. The SMILES string of the molecule is CCOc1ccc(-c2noc(CCC(=O)Nc3cccc(NC(C)=O)c3)n2)cc1. The number of aromatic nitrogens is 2. The Morgan fingerprint density at radius 2 is 1.79 bits per heavy atom. The van der Waals surface area contributed by atoms with Crippen LogP contribution >= 0.6 is 0 Å². The van der Waals surface area contributed by atoms with E-state index in [-0.39, 0.29) is 18.2 Å². The Morgan fingerprint density at radius 1 is 1.07 bits per heavy atom. The molecule has 0 radical (unpaired) electrons. The quantitative estimate of drug-likeness (QED) is 0.604. The minimum atomic E-state index is -0.189. The van der Waals surface area contributed by atoms with E-state index in [1.54, 1.807) is 24.3 Å². The number of amides is 2. The standard InChI is InChI=1S/C21H22N4O4/c1-3-28-18-9-7-15(8-10-18)21-24-20(29-25-21)12-11-19(27)23-17-6-4-5-16(13-17)22-14(2)26/h4-10,13H,3,11-12H2,1-2H3,(H,22,26)(H,23,27). The number of nitrogens with zero attached hydrogens (tertiary/aromatic N) is 2. The molecule has 0 bridgehead atoms. The van der Waals surface area contributed by atoms with Gasteiger partial charge < -0.3 is 19.9 Å². The second kappa shape index (κ2) is 9.50. The third-order valence-corrected chi connectivity index (χ3v) is 3.92.